The third-order valence-corrected chi connectivity index (χ3v) is 3.10. The Labute approximate surface area is 108 Å². The van der Waals surface area contributed by atoms with Gasteiger partial charge >= 0.3 is 0 Å². The van der Waals surface area contributed by atoms with Gasteiger partial charge in [0.15, 0.2) is 0 Å². The van der Waals surface area contributed by atoms with Gasteiger partial charge in [-0.3, -0.25) is 4.68 Å². The molecule has 1 aromatic carbocycles. The predicted molar refractivity (Wildman–Crippen MR) is 69.7 cm³/mol. The van der Waals surface area contributed by atoms with Gasteiger partial charge in [-0.05, 0) is 28.1 Å². The number of para-hydroxylation sites is 1. The zero-order valence-corrected chi connectivity index (χ0v) is 10.9. The second-order valence-corrected chi connectivity index (χ2v) is 4.55. The molecule has 0 aliphatic rings. The lowest BCUT2D eigenvalue weighted by atomic mass is 10.2. The fourth-order valence-electron chi connectivity index (χ4n) is 1.55. The van der Waals surface area contributed by atoms with Gasteiger partial charge in [0.25, 0.3) is 0 Å². The van der Waals surface area contributed by atoms with Crippen LogP contribution in [0.4, 0.5) is 0 Å². The third-order valence-electron chi connectivity index (χ3n) is 2.46. The molecule has 2 N–H and O–H groups in total. The molecule has 0 amide bonds. The number of rotatable bonds is 5. The summed E-state index contributed by atoms with van der Waals surface area (Å²) in [7, 11) is 0. The third kappa shape index (κ3) is 3.31. The van der Waals surface area contributed by atoms with Crippen LogP contribution in [0.25, 0.3) is 0 Å². The van der Waals surface area contributed by atoms with Crippen LogP contribution in [0.3, 0.4) is 0 Å². The van der Waals surface area contributed by atoms with Gasteiger partial charge in [-0.1, -0.05) is 12.1 Å². The molecule has 2 rings (SSSR count). The fraction of sp³-hybridized carbons (Fsp3) is 0.250. The molecule has 90 valence electrons. The van der Waals surface area contributed by atoms with E-state index in [1.807, 2.05) is 35.1 Å². The molecule has 1 aromatic heterocycles. The Hall–Kier alpha value is -1.33. The van der Waals surface area contributed by atoms with Crippen LogP contribution < -0.4 is 5.32 Å². The maximum atomic E-state index is 9.78. The molecule has 0 radical (unpaired) electrons. The summed E-state index contributed by atoms with van der Waals surface area (Å²) < 4.78 is 2.59. The summed E-state index contributed by atoms with van der Waals surface area (Å²) in [5.41, 5.74) is 0.889. The number of aromatic hydroxyl groups is 1. The Morgan fingerprint density at radius 2 is 2.24 bits per heavy atom. The normalized spacial score (nSPS) is 10.6. The summed E-state index contributed by atoms with van der Waals surface area (Å²) in [6.45, 7) is 2.28. The van der Waals surface area contributed by atoms with E-state index in [9.17, 15) is 5.11 Å². The second-order valence-electron chi connectivity index (χ2n) is 3.69. The number of phenolic OH excluding ortho intramolecular Hbond substituents is 1. The van der Waals surface area contributed by atoms with Crippen molar-refractivity contribution in [3.05, 3.63) is 46.7 Å². The van der Waals surface area contributed by atoms with Crippen LogP contribution in [0.1, 0.15) is 5.56 Å². The molecule has 0 atom stereocenters. The number of halogens is 1. The van der Waals surface area contributed by atoms with E-state index in [1.165, 1.54) is 0 Å². The Morgan fingerprint density at radius 3 is 3.00 bits per heavy atom. The van der Waals surface area contributed by atoms with Crippen LogP contribution in [-0.2, 0) is 13.1 Å². The summed E-state index contributed by atoms with van der Waals surface area (Å²) in [5, 5.41) is 17.2. The molecule has 0 saturated carbocycles. The molecule has 0 saturated heterocycles. The zero-order valence-electron chi connectivity index (χ0n) is 9.31. The van der Waals surface area contributed by atoms with Crippen molar-refractivity contribution in [2.24, 2.45) is 0 Å². The molecule has 4 nitrogen and oxygen atoms in total. The molecule has 0 bridgehead atoms. The summed E-state index contributed by atoms with van der Waals surface area (Å²) in [6.07, 6.45) is 3.69. The van der Waals surface area contributed by atoms with E-state index in [0.717, 1.165) is 23.1 Å². The molecule has 17 heavy (non-hydrogen) atoms. The second kappa shape index (κ2) is 5.84. The van der Waals surface area contributed by atoms with Gasteiger partial charge in [-0.15, -0.1) is 0 Å². The highest BCUT2D eigenvalue weighted by atomic mass is 79.9. The summed E-state index contributed by atoms with van der Waals surface area (Å²) >= 11 is 3.29. The highest BCUT2D eigenvalue weighted by Gasteiger charge is 2.03. The molecule has 0 aliphatic heterocycles. The molecule has 1 heterocycles. The maximum absolute atomic E-state index is 9.78. The largest absolute Gasteiger partial charge is 0.506 e. The monoisotopic (exact) mass is 295 g/mol. The van der Waals surface area contributed by atoms with Gasteiger partial charge in [-0.2, -0.15) is 5.10 Å². The van der Waals surface area contributed by atoms with Crippen molar-refractivity contribution in [2.45, 2.75) is 13.1 Å². The standard InChI is InChI=1S/C12H14BrN3O/c13-11-4-1-3-10(12(11)17)9-14-6-8-16-7-2-5-15-16/h1-5,7,14,17H,6,8-9H2. The lowest BCUT2D eigenvalue weighted by Gasteiger charge is -2.08. The van der Waals surface area contributed by atoms with Gasteiger partial charge in [0, 0.05) is 31.0 Å². The Morgan fingerprint density at radius 1 is 1.35 bits per heavy atom. The van der Waals surface area contributed by atoms with Crippen molar-refractivity contribution in [2.75, 3.05) is 6.54 Å². The summed E-state index contributed by atoms with van der Waals surface area (Å²) in [6, 6.07) is 7.54. The minimum Gasteiger partial charge on any atom is -0.506 e. The van der Waals surface area contributed by atoms with Crippen molar-refractivity contribution < 1.29 is 5.11 Å². The van der Waals surface area contributed by atoms with Crippen molar-refractivity contribution >= 4 is 15.9 Å². The average molecular weight is 296 g/mol. The minimum atomic E-state index is 0.305. The van der Waals surface area contributed by atoms with Crippen molar-refractivity contribution in [1.82, 2.24) is 15.1 Å². The Kier molecular flexibility index (Phi) is 4.17. The smallest absolute Gasteiger partial charge is 0.134 e. The highest BCUT2D eigenvalue weighted by Crippen LogP contribution is 2.26. The van der Waals surface area contributed by atoms with Gasteiger partial charge in [0.2, 0.25) is 0 Å². The van der Waals surface area contributed by atoms with Crippen molar-refractivity contribution in [1.29, 1.82) is 0 Å². The molecular weight excluding hydrogens is 282 g/mol. The van der Waals surface area contributed by atoms with Gasteiger partial charge < -0.3 is 10.4 Å². The quantitative estimate of drug-likeness (QED) is 0.831. The lowest BCUT2D eigenvalue weighted by molar-refractivity contribution is 0.459. The minimum absolute atomic E-state index is 0.305. The number of aromatic nitrogens is 2. The van der Waals surface area contributed by atoms with Crippen molar-refractivity contribution in [3.63, 3.8) is 0 Å². The van der Waals surface area contributed by atoms with E-state index in [1.54, 1.807) is 6.20 Å². The van der Waals surface area contributed by atoms with Crippen molar-refractivity contribution in [3.8, 4) is 5.75 Å². The zero-order chi connectivity index (χ0) is 12.1. The SMILES string of the molecule is Oc1c(Br)cccc1CNCCn1cccn1. The van der Waals surface area contributed by atoms with E-state index < -0.39 is 0 Å². The van der Waals surface area contributed by atoms with Crippen LogP contribution >= 0.6 is 15.9 Å². The Balaban J connectivity index is 1.80. The molecule has 0 spiro atoms. The highest BCUT2D eigenvalue weighted by molar-refractivity contribution is 9.10. The summed E-state index contributed by atoms with van der Waals surface area (Å²) in [4.78, 5) is 0. The van der Waals surface area contributed by atoms with E-state index >= 15 is 0 Å². The van der Waals surface area contributed by atoms with E-state index in [0.29, 0.717) is 12.3 Å². The number of nitrogens with zero attached hydrogens (tertiary/aromatic N) is 2. The van der Waals surface area contributed by atoms with Crippen LogP contribution in [0, 0.1) is 0 Å². The molecular formula is C12H14BrN3O. The van der Waals surface area contributed by atoms with Gasteiger partial charge in [0.05, 0.1) is 11.0 Å². The van der Waals surface area contributed by atoms with E-state index in [-0.39, 0.29) is 0 Å². The average Bonchev–Trinajstić information content (AvgIpc) is 2.83. The molecule has 0 unspecified atom stereocenters. The number of nitrogens with one attached hydrogen (secondary N) is 1. The van der Waals surface area contributed by atoms with E-state index in [4.69, 9.17) is 0 Å². The first-order chi connectivity index (χ1) is 8.27. The number of hydrogen-bond acceptors (Lipinski definition) is 3. The van der Waals surface area contributed by atoms with Gasteiger partial charge in [0.1, 0.15) is 5.75 Å². The molecule has 2 aromatic rings. The first kappa shape index (κ1) is 12.1. The van der Waals surface area contributed by atoms with Crippen LogP contribution in [0.15, 0.2) is 41.1 Å². The Bertz CT molecular complexity index is 471. The predicted octanol–water partition coefficient (Wildman–Crippen LogP) is 2.14. The first-order valence-corrected chi connectivity index (χ1v) is 6.21. The first-order valence-electron chi connectivity index (χ1n) is 5.42. The number of phenols is 1. The number of hydrogen-bond donors (Lipinski definition) is 2. The van der Waals surface area contributed by atoms with E-state index in [2.05, 4.69) is 26.3 Å². The van der Waals surface area contributed by atoms with Crippen LogP contribution in [-0.4, -0.2) is 21.4 Å². The van der Waals surface area contributed by atoms with Crippen LogP contribution in [0.5, 0.6) is 5.75 Å². The summed E-state index contributed by atoms with van der Waals surface area (Å²) in [5.74, 6) is 0.305. The molecule has 0 aliphatic carbocycles. The number of benzene rings is 1. The maximum Gasteiger partial charge on any atom is 0.134 e. The molecule has 0 fully saturated rings. The fourth-order valence-corrected chi connectivity index (χ4v) is 1.96. The van der Waals surface area contributed by atoms with Gasteiger partial charge in [-0.25, -0.2) is 0 Å². The topological polar surface area (TPSA) is 50.1 Å². The van der Waals surface area contributed by atoms with Crippen LogP contribution in [0.2, 0.25) is 0 Å². The molecule has 5 heteroatoms. The lowest BCUT2D eigenvalue weighted by Crippen LogP contribution is -2.19.